The molecule has 0 radical (unpaired) electrons. The second kappa shape index (κ2) is 6.12. The summed E-state index contributed by atoms with van der Waals surface area (Å²) in [5.41, 5.74) is 7.15. The molecule has 0 aliphatic rings. The van der Waals surface area contributed by atoms with Crippen molar-refractivity contribution in [3.8, 4) is 0 Å². The second-order valence-electron chi connectivity index (χ2n) is 3.77. The maximum absolute atomic E-state index is 11.6. The van der Waals surface area contributed by atoms with E-state index in [2.05, 4.69) is 5.32 Å². The van der Waals surface area contributed by atoms with Gasteiger partial charge in [-0.1, -0.05) is 19.1 Å². The SMILES string of the molecule is CCC(CO)NC(=O)Cc1ccc(N)cc1. The summed E-state index contributed by atoms with van der Waals surface area (Å²) < 4.78 is 0. The number of hydrogen-bond acceptors (Lipinski definition) is 3. The van der Waals surface area contributed by atoms with Gasteiger partial charge in [-0.05, 0) is 24.1 Å². The van der Waals surface area contributed by atoms with Gasteiger partial charge >= 0.3 is 0 Å². The van der Waals surface area contributed by atoms with Gasteiger partial charge in [0.1, 0.15) is 0 Å². The van der Waals surface area contributed by atoms with E-state index >= 15 is 0 Å². The van der Waals surface area contributed by atoms with Crippen LogP contribution in [0.2, 0.25) is 0 Å². The molecular formula is C12H18N2O2. The highest BCUT2D eigenvalue weighted by Gasteiger charge is 2.09. The summed E-state index contributed by atoms with van der Waals surface area (Å²) in [5, 5.41) is 11.7. The molecule has 1 aromatic rings. The molecule has 88 valence electrons. The molecule has 1 amide bonds. The number of nitrogens with two attached hydrogens (primary N) is 1. The van der Waals surface area contributed by atoms with Gasteiger partial charge in [-0.3, -0.25) is 4.79 Å². The van der Waals surface area contributed by atoms with E-state index in [1.54, 1.807) is 12.1 Å². The molecule has 4 heteroatoms. The highest BCUT2D eigenvalue weighted by molar-refractivity contribution is 5.78. The minimum absolute atomic E-state index is 0.0238. The number of aliphatic hydroxyl groups is 1. The fourth-order valence-electron chi connectivity index (χ4n) is 1.38. The average molecular weight is 222 g/mol. The van der Waals surface area contributed by atoms with Gasteiger partial charge in [0, 0.05) is 5.69 Å². The summed E-state index contributed by atoms with van der Waals surface area (Å²) in [6.07, 6.45) is 1.04. The van der Waals surface area contributed by atoms with Crippen LogP contribution in [0.1, 0.15) is 18.9 Å². The lowest BCUT2D eigenvalue weighted by Crippen LogP contribution is -2.37. The van der Waals surface area contributed by atoms with Crippen molar-refractivity contribution in [2.45, 2.75) is 25.8 Å². The Morgan fingerprint density at radius 2 is 2.06 bits per heavy atom. The van der Waals surface area contributed by atoms with Gasteiger partial charge in [-0.2, -0.15) is 0 Å². The zero-order valence-electron chi connectivity index (χ0n) is 9.44. The van der Waals surface area contributed by atoms with E-state index in [0.717, 1.165) is 12.0 Å². The third-order valence-electron chi connectivity index (χ3n) is 2.42. The molecule has 16 heavy (non-hydrogen) atoms. The molecule has 1 atom stereocenters. The fourth-order valence-corrected chi connectivity index (χ4v) is 1.38. The molecule has 1 rings (SSSR count). The first kappa shape index (κ1) is 12.5. The molecule has 0 aromatic heterocycles. The number of amides is 1. The standard InChI is InChI=1S/C12H18N2O2/c1-2-11(8-15)14-12(16)7-9-3-5-10(13)6-4-9/h3-6,11,15H,2,7-8,13H2,1H3,(H,14,16). The zero-order chi connectivity index (χ0) is 12.0. The molecule has 0 aliphatic carbocycles. The first-order valence-corrected chi connectivity index (χ1v) is 5.40. The smallest absolute Gasteiger partial charge is 0.224 e. The average Bonchev–Trinajstić information content (AvgIpc) is 2.29. The van der Waals surface area contributed by atoms with Crippen molar-refractivity contribution < 1.29 is 9.90 Å². The predicted octanol–water partition coefficient (Wildman–Crippen LogP) is 0.698. The Balaban J connectivity index is 2.48. The van der Waals surface area contributed by atoms with Crippen molar-refractivity contribution in [2.24, 2.45) is 0 Å². The van der Waals surface area contributed by atoms with Crippen LogP contribution in [0, 0.1) is 0 Å². The molecule has 4 nitrogen and oxygen atoms in total. The number of aliphatic hydroxyl groups excluding tert-OH is 1. The maximum atomic E-state index is 11.6. The molecule has 0 fully saturated rings. The summed E-state index contributed by atoms with van der Waals surface area (Å²) in [5.74, 6) is -0.0781. The minimum atomic E-state index is -0.152. The first-order chi connectivity index (χ1) is 7.65. The summed E-state index contributed by atoms with van der Waals surface area (Å²) in [6.45, 7) is 1.90. The third kappa shape index (κ3) is 3.90. The fraction of sp³-hybridized carbons (Fsp3) is 0.417. The zero-order valence-corrected chi connectivity index (χ0v) is 9.44. The van der Waals surface area contributed by atoms with Crippen LogP contribution in [-0.2, 0) is 11.2 Å². The van der Waals surface area contributed by atoms with Crippen LogP contribution in [0.3, 0.4) is 0 Å². The number of carbonyl (C=O) groups excluding carboxylic acids is 1. The van der Waals surface area contributed by atoms with E-state index < -0.39 is 0 Å². The Morgan fingerprint density at radius 3 is 2.56 bits per heavy atom. The second-order valence-corrected chi connectivity index (χ2v) is 3.77. The van der Waals surface area contributed by atoms with Gasteiger partial charge in [0.05, 0.1) is 19.1 Å². The van der Waals surface area contributed by atoms with Crippen LogP contribution in [0.4, 0.5) is 5.69 Å². The Kier molecular flexibility index (Phi) is 4.79. The third-order valence-corrected chi connectivity index (χ3v) is 2.42. The summed E-state index contributed by atoms with van der Waals surface area (Å²) >= 11 is 0. The first-order valence-electron chi connectivity index (χ1n) is 5.40. The summed E-state index contributed by atoms with van der Waals surface area (Å²) in [6, 6.07) is 7.04. The monoisotopic (exact) mass is 222 g/mol. The Bertz CT molecular complexity index is 331. The molecule has 0 heterocycles. The molecule has 1 aromatic carbocycles. The Hall–Kier alpha value is -1.55. The maximum Gasteiger partial charge on any atom is 0.224 e. The van der Waals surface area contributed by atoms with Gasteiger partial charge in [0.25, 0.3) is 0 Å². The number of rotatable bonds is 5. The van der Waals surface area contributed by atoms with Crippen LogP contribution < -0.4 is 11.1 Å². The number of nitrogen functional groups attached to an aromatic ring is 1. The number of nitrogens with one attached hydrogen (secondary N) is 1. The highest BCUT2D eigenvalue weighted by atomic mass is 16.3. The van der Waals surface area contributed by atoms with Crippen LogP contribution in [0.5, 0.6) is 0 Å². The van der Waals surface area contributed by atoms with Crippen molar-refractivity contribution in [1.29, 1.82) is 0 Å². The summed E-state index contributed by atoms with van der Waals surface area (Å²) in [7, 11) is 0. The quantitative estimate of drug-likeness (QED) is 0.642. The van der Waals surface area contributed by atoms with E-state index in [0.29, 0.717) is 12.1 Å². The molecule has 0 spiro atoms. The summed E-state index contributed by atoms with van der Waals surface area (Å²) in [4.78, 5) is 11.6. The van der Waals surface area contributed by atoms with Crippen molar-refractivity contribution in [1.82, 2.24) is 5.32 Å². The topological polar surface area (TPSA) is 75.3 Å². The predicted molar refractivity (Wildman–Crippen MR) is 63.9 cm³/mol. The van der Waals surface area contributed by atoms with Crippen LogP contribution in [0.15, 0.2) is 24.3 Å². The lowest BCUT2D eigenvalue weighted by Gasteiger charge is -2.13. The molecule has 0 bridgehead atoms. The molecule has 0 saturated carbocycles. The van der Waals surface area contributed by atoms with E-state index in [9.17, 15) is 4.79 Å². The van der Waals surface area contributed by atoms with Gasteiger partial charge < -0.3 is 16.2 Å². The van der Waals surface area contributed by atoms with E-state index in [4.69, 9.17) is 10.8 Å². The van der Waals surface area contributed by atoms with E-state index in [-0.39, 0.29) is 18.6 Å². The van der Waals surface area contributed by atoms with Crippen LogP contribution >= 0.6 is 0 Å². The van der Waals surface area contributed by atoms with Crippen molar-refractivity contribution in [2.75, 3.05) is 12.3 Å². The molecule has 1 unspecified atom stereocenters. The minimum Gasteiger partial charge on any atom is -0.399 e. The van der Waals surface area contributed by atoms with E-state index in [1.807, 2.05) is 19.1 Å². The lowest BCUT2D eigenvalue weighted by molar-refractivity contribution is -0.121. The molecule has 0 saturated heterocycles. The normalized spacial score (nSPS) is 12.1. The van der Waals surface area contributed by atoms with Crippen molar-refractivity contribution >= 4 is 11.6 Å². The van der Waals surface area contributed by atoms with E-state index in [1.165, 1.54) is 0 Å². The van der Waals surface area contributed by atoms with Crippen molar-refractivity contribution in [3.63, 3.8) is 0 Å². The van der Waals surface area contributed by atoms with Crippen LogP contribution in [0.25, 0.3) is 0 Å². The Labute approximate surface area is 95.5 Å². The lowest BCUT2D eigenvalue weighted by atomic mass is 10.1. The number of carbonyl (C=O) groups is 1. The largest absolute Gasteiger partial charge is 0.399 e. The number of anilines is 1. The highest BCUT2D eigenvalue weighted by Crippen LogP contribution is 2.06. The molecule has 4 N–H and O–H groups in total. The molecular weight excluding hydrogens is 204 g/mol. The number of hydrogen-bond donors (Lipinski definition) is 3. The van der Waals surface area contributed by atoms with Gasteiger partial charge in [-0.25, -0.2) is 0 Å². The van der Waals surface area contributed by atoms with Gasteiger partial charge in [0.2, 0.25) is 5.91 Å². The molecule has 0 aliphatic heterocycles. The van der Waals surface area contributed by atoms with Crippen molar-refractivity contribution in [3.05, 3.63) is 29.8 Å². The Morgan fingerprint density at radius 1 is 1.44 bits per heavy atom. The number of benzene rings is 1. The van der Waals surface area contributed by atoms with Gasteiger partial charge in [-0.15, -0.1) is 0 Å². The van der Waals surface area contributed by atoms with Gasteiger partial charge in [0.15, 0.2) is 0 Å². The van der Waals surface area contributed by atoms with Crippen LogP contribution in [-0.4, -0.2) is 23.7 Å².